The summed E-state index contributed by atoms with van der Waals surface area (Å²) in [6.07, 6.45) is 1.73. The number of pyridine rings is 1. The lowest BCUT2D eigenvalue weighted by molar-refractivity contribution is 0.538. The van der Waals surface area contributed by atoms with Gasteiger partial charge in [-0.1, -0.05) is 6.07 Å². The zero-order valence-corrected chi connectivity index (χ0v) is 7.61. The molecule has 0 spiro atoms. The van der Waals surface area contributed by atoms with Crippen molar-refractivity contribution in [2.45, 2.75) is 13.8 Å². The highest BCUT2D eigenvalue weighted by Crippen LogP contribution is 2.18. The van der Waals surface area contributed by atoms with Crippen LogP contribution in [0.2, 0.25) is 0 Å². The highest BCUT2D eigenvalue weighted by Gasteiger charge is 2.07. The van der Waals surface area contributed by atoms with Crippen molar-refractivity contribution in [1.82, 2.24) is 9.97 Å². The van der Waals surface area contributed by atoms with Gasteiger partial charge in [0.15, 0.2) is 0 Å². The third-order valence-corrected chi connectivity index (χ3v) is 1.91. The second-order valence-corrected chi connectivity index (χ2v) is 2.88. The van der Waals surface area contributed by atoms with E-state index in [0.717, 1.165) is 17.1 Å². The van der Waals surface area contributed by atoms with E-state index < -0.39 is 0 Å². The van der Waals surface area contributed by atoms with Gasteiger partial charge >= 0.3 is 0 Å². The Morgan fingerprint density at radius 2 is 2.08 bits per heavy atom. The third kappa shape index (κ3) is 1.45. The average molecular weight is 174 g/mol. The Balaban J connectivity index is 2.48. The van der Waals surface area contributed by atoms with Crippen LogP contribution in [0.1, 0.15) is 11.5 Å². The largest absolute Gasteiger partial charge is 0.440 e. The lowest BCUT2D eigenvalue weighted by Crippen LogP contribution is -1.81. The second kappa shape index (κ2) is 3.01. The van der Waals surface area contributed by atoms with Gasteiger partial charge in [-0.05, 0) is 26.0 Å². The summed E-state index contributed by atoms with van der Waals surface area (Å²) in [4.78, 5) is 8.40. The Kier molecular flexibility index (Phi) is 1.85. The Bertz CT molecular complexity index is 387. The number of hydrogen-bond acceptors (Lipinski definition) is 3. The minimum Gasteiger partial charge on any atom is -0.440 e. The van der Waals surface area contributed by atoms with Gasteiger partial charge < -0.3 is 4.42 Å². The van der Waals surface area contributed by atoms with Gasteiger partial charge in [0.2, 0.25) is 5.89 Å². The van der Waals surface area contributed by atoms with Gasteiger partial charge in [0.25, 0.3) is 0 Å². The zero-order valence-electron chi connectivity index (χ0n) is 7.61. The van der Waals surface area contributed by atoms with Crippen molar-refractivity contribution in [3.05, 3.63) is 35.9 Å². The fraction of sp³-hybridized carbons (Fsp3) is 0.200. The van der Waals surface area contributed by atoms with Gasteiger partial charge in [0, 0.05) is 6.20 Å². The van der Waals surface area contributed by atoms with Crippen molar-refractivity contribution in [3.8, 4) is 11.6 Å². The van der Waals surface area contributed by atoms with Crippen LogP contribution >= 0.6 is 0 Å². The molecule has 0 aliphatic carbocycles. The summed E-state index contributed by atoms with van der Waals surface area (Å²) in [6.45, 7) is 3.82. The van der Waals surface area contributed by atoms with E-state index in [4.69, 9.17) is 4.42 Å². The SMILES string of the molecule is Cc1nc(-c2ccccn2)oc1C. The Morgan fingerprint density at radius 1 is 1.23 bits per heavy atom. The van der Waals surface area contributed by atoms with Crippen LogP contribution in [0.15, 0.2) is 28.8 Å². The number of rotatable bonds is 1. The number of hydrogen-bond donors (Lipinski definition) is 0. The first kappa shape index (κ1) is 7.98. The fourth-order valence-corrected chi connectivity index (χ4v) is 1.07. The van der Waals surface area contributed by atoms with Crippen molar-refractivity contribution >= 4 is 0 Å². The normalized spacial score (nSPS) is 10.3. The van der Waals surface area contributed by atoms with Crippen LogP contribution in [0.4, 0.5) is 0 Å². The summed E-state index contributed by atoms with van der Waals surface area (Å²) in [5, 5.41) is 0. The van der Waals surface area contributed by atoms with Crippen molar-refractivity contribution in [2.24, 2.45) is 0 Å². The van der Waals surface area contributed by atoms with Crippen LogP contribution in [0.25, 0.3) is 11.6 Å². The van der Waals surface area contributed by atoms with E-state index in [0.29, 0.717) is 5.89 Å². The first-order valence-corrected chi connectivity index (χ1v) is 4.13. The summed E-state index contributed by atoms with van der Waals surface area (Å²) < 4.78 is 5.43. The van der Waals surface area contributed by atoms with E-state index in [2.05, 4.69) is 9.97 Å². The molecule has 66 valence electrons. The minimum absolute atomic E-state index is 0.593. The summed E-state index contributed by atoms with van der Waals surface area (Å²) in [5.41, 5.74) is 1.69. The predicted octanol–water partition coefficient (Wildman–Crippen LogP) is 2.35. The molecule has 0 amide bonds. The molecule has 3 nitrogen and oxygen atoms in total. The molecule has 0 bridgehead atoms. The van der Waals surface area contributed by atoms with Gasteiger partial charge in [-0.2, -0.15) is 0 Å². The molecule has 2 rings (SSSR count). The summed E-state index contributed by atoms with van der Waals surface area (Å²) in [5.74, 6) is 1.44. The van der Waals surface area contributed by atoms with E-state index in [-0.39, 0.29) is 0 Å². The molecular formula is C10H10N2O. The average Bonchev–Trinajstić information content (AvgIpc) is 2.49. The van der Waals surface area contributed by atoms with E-state index in [1.165, 1.54) is 0 Å². The highest BCUT2D eigenvalue weighted by atomic mass is 16.4. The maximum Gasteiger partial charge on any atom is 0.245 e. The molecule has 0 saturated carbocycles. The summed E-state index contributed by atoms with van der Waals surface area (Å²) in [7, 11) is 0. The molecule has 3 heteroatoms. The predicted molar refractivity (Wildman–Crippen MR) is 49.2 cm³/mol. The smallest absolute Gasteiger partial charge is 0.245 e. The molecule has 0 fully saturated rings. The van der Waals surface area contributed by atoms with Crippen LogP contribution in [0.3, 0.4) is 0 Å². The standard InChI is InChI=1S/C10H10N2O/c1-7-8(2)13-10(12-7)9-5-3-4-6-11-9/h3-6H,1-2H3. The molecule has 0 N–H and O–H groups in total. The Labute approximate surface area is 76.5 Å². The first-order valence-electron chi connectivity index (χ1n) is 4.13. The van der Waals surface area contributed by atoms with Gasteiger partial charge in [0.05, 0.1) is 5.69 Å². The van der Waals surface area contributed by atoms with E-state index in [9.17, 15) is 0 Å². The van der Waals surface area contributed by atoms with Gasteiger partial charge in [-0.3, -0.25) is 4.98 Å². The zero-order chi connectivity index (χ0) is 9.26. The maximum absolute atomic E-state index is 5.43. The fourth-order valence-electron chi connectivity index (χ4n) is 1.07. The molecule has 0 atom stereocenters. The summed E-state index contributed by atoms with van der Waals surface area (Å²) >= 11 is 0. The first-order chi connectivity index (χ1) is 6.27. The van der Waals surface area contributed by atoms with E-state index in [1.54, 1.807) is 6.20 Å². The van der Waals surface area contributed by atoms with Crippen LogP contribution in [-0.4, -0.2) is 9.97 Å². The molecule has 0 aliphatic rings. The van der Waals surface area contributed by atoms with E-state index >= 15 is 0 Å². The molecule has 0 radical (unpaired) electrons. The lowest BCUT2D eigenvalue weighted by Gasteiger charge is -1.90. The topological polar surface area (TPSA) is 38.9 Å². The van der Waals surface area contributed by atoms with Gasteiger partial charge in [-0.15, -0.1) is 0 Å². The minimum atomic E-state index is 0.593. The Hall–Kier alpha value is -1.64. The maximum atomic E-state index is 5.43. The molecule has 13 heavy (non-hydrogen) atoms. The lowest BCUT2D eigenvalue weighted by atomic mass is 10.3. The quantitative estimate of drug-likeness (QED) is 0.666. The third-order valence-electron chi connectivity index (χ3n) is 1.91. The van der Waals surface area contributed by atoms with Crippen LogP contribution < -0.4 is 0 Å². The molecule has 2 aromatic heterocycles. The van der Waals surface area contributed by atoms with Gasteiger partial charge in [0.1, 0.15) is 11.5 Å². The number of oxazole rings is 1. The second-order valence-electron chi connectivity index (χ2n) is 2.88. The molecule has 2 heterocycles. The van der Waals surface area contributed by atoms with Crippen molar-refractivity contribution in [2.75, 3.05) is 0 Å². The molecular weight excluding hydrogens is 164 g/mol. The van der Waals surface area contributed by atoms with Crippen LogP contribution in [-0.2, 0) is 0 Å². The van der Waals surface area contributed by atoms with Crippen molar-refractivity contribution < 1.29 is 4.42 Å². The van der Waals surface area contributed by atoms with Crippen molar-refractivity contribution in [3.63, 3.8) is 0 Å². The van der Waals surface area contributed by atoms with Gasteiger partial charge in [-0.25, -0.2) is 4.98 Å². The van der Waals surface area contributed by atoms with Crippen LogP contribution in [0.5, 0.6) is 0 Å². The number of aromatic nitrogens is 2. The molecule has 0 unspecified atom stereocenters. The monoisotopic (exact) mass is 174 g/mol. The molecule has 0 aliphatic heterocycles. The van der Waals surface area contributed by atoms with Crippen molar-refractivity contribution in [1.29, 1.82) is 0 Å². The molecule has 0 aromatic carbocycles. The van der Waals surface area contributed by atoms with Crippen LogP contribution in [0, 0.1) is 13.8 Å². The number of aryl methyl sites for hydroxylation is 2. The number of nitrogens with zero attached hydrogens (tertiary/aromatic N) is 2. The molecule has 0 saturated heterocycles. The summed E-state index contributed by atoms with van der Waals surface area (Å²) in [6, 6.07) is 5.66. The molecule has 2 aromatic rings. The van der Waals surface area contributed by atoms with E-state index in [1.807, 2.05) is 32.0 Å². The Morgan fingerprint density at radius 3 is 2.62 bits per heavy atom. The highest BCUT2D eigenvalue weighted by molar-refractivity contribution is 5.46.